The summed E-state index contributed by atoms with van der Waals surface area (Å²) in [7, 11) is 0. The standard InChI is InChI=1S/C18H13FN4O4/c19-13-3-1-12(2-4-13)16-9-10-18(25)22(21-16)11-17(24)20-14-5-7-15(8-6-14)23(26)27/h1-10H,11H2,(H,20,24). The third-order valence-electron chi connectivity index (χ3n) is 3.66. The number of non-ortho nitro benzene ring substituents is 1. The number of nitrogens with zero attached hydrogens (tertiary/aromatic N) is 3. The zero-order chi connectivity index (χ0) is 19.4. The number of carbonyl (C=O) groups excluding carboxylic acids is 1. The Morgan fingerprint density at radius 3 is 2.37 bits per heavy atom. The first-order valence-corrected chi connectivity index (χ1v) is 7.81. The van der Waals surface area contributed by atoms with Gasteiger partial charge in [0.1, 0.15) is 12.4 Å². The van der Waals surface area contributed by atoms with Crippen molar-refractivity contribution in [3.05, 3.63) is 86.9 Å². The zero-order valence-electron chi connectivity index (χ0n) is 13.8. The molecule has 8 nitrogen and oxygen atoms in total. The Morgan fingerprint density at radius 1 is 1.07 bits per heavy atom. The lowest BCUT2D eigenvalue weighted by Crippen LogP contribution is -2.29. The predicted octanol–water partition coefficient (Wildman–Crippen LogP) is 2.60. The number of nitrogens with one attached hydrogen (secondary N) is 1. The Morgan fingerprint density at radius 2 is 1.74 bits per heavy atom. The minimum Gasteiger partial charge on any atom is -0.324 e. The Labute approximate surface area is 152 Å². The summed E-state index contributed by atoms with van der Waals surface area (Å²) in [6.45, 7) is -0.342. The van der Waals surface area contributed by atoms with Gasteiger partial charge in [0.25, 0.3) is 11.2 Å². The fourth-order valence-corrected chi connectivity index (χ4v) is 2.34. The van der Waals surface area contributed by atoms with Crippen molar-refractivity contribution in [1.82, 2.24) is 9.78 Å². The highest BCUT2D eigenvalue weighted by Crippen LogP contribution is 2.16. The average molecular weight is 368 g/mol. The molecule has 0 saturated heterocycles. The second-order valence-corrected chi connectivity index (χ2v) is 5.57. The SMILES string of the molecule is O=C(Cn1nc(-c2ccc(F)cc2)ccc1=O)Nc1ccc([N+](=O)[O-])cc1. The molecule has 0 atom stereocenters. The molecule has 0 radical (unpaired) electrons. The summed E-state index contributed by atoms with van der Waals surface area (Å²) in [5.74, 6) is -0.913. The molecule has 0 aliphatic rings. The molecule has 0 unspecified atom stereocenters. The highest BCUT2D eigenvalue weighted by molar-refractivity contribution is 5.90. The van der Waals surface area contributed by atoms with Gasteiger partial charge in [-0.3, -0.25) is 19.7 Å². The second kappa shape index (κ2) is 7.56. The number of anilines is 1. The number of rotatable bonds is 5. The molecule has 136 valence electrons. The monoisotopic (exact) mass is 368 g/mol. The van der Waals surface area contributed by atoms with E-state index in [0.29, 0.717) is 16.9 Å². The van der Waals surface area contributed by atoms with Gasteiger partial charge < -0.3 is 5.32 Å². The van der Waals surface area contributed by atoms with Gasteiger partial charge in [-0.2, -0.15) is 5.10 Å². The average Bonchev–Trinajstić information content (AvgIpc) is 2.64. The molecule has 0 fully saturated rings. The van der Waals surface area contributed by atoms with Gasteiger partial charge in [-0.25, -0.2) is 9.07 Å². The molecule has 0 aliphatic heterocycles. The van der Waals surface area contributed by atoms with Crippen LogP contribution in [0.2, 0.25) is 0 Å². The number of benzene rings is 2. The van der Waals surface area contributed by atoms with Crippen molar-refractivity contribution < 1.29 is 14.1 Å². The maximum absolute atomic E-state index is 13.0. The number of carbonyl (C=O) groups is 1. The molecular formula is C18H13FN4O4. The molecule has 9 heteroatoms. The summed E-state index contributed by atoms with van der Waals surface area (Å²) in [5, 5.41) is 17.3. The topological polar surface area (TPSA) is 107 Å². The third kappa shape index (κ3) is 4.40. The van der Waals surface area contributed by atoms with Crippen LogP contribution in [0.25, 0.3) is 11.3 Å². The van der Waals surface area contributed by atoms with Crippen molar-refractivity contribution in [1.29, 1.82) is 0 Å². The highest BCUT2D eigenvalue weighted by Gasteiger charge is 2.10. The Bertz CT molecular complexity index is 1050. The summed E-state index contributed by atoms with van der Waals surface area (Å²) in [4.78, 5) is 34.2. The van der Waals surface area contributed by atoms with Crippen molar-refractivity contribution >= 4 is 17.3 Å². The van der Waals surface area contributed by atoms with Crippen molar-refractivity contribution in [3.8, 4) is 11.3 Å². The number of amides is 1. The fourth-order valence-electron chi connectivity index (χ4n) is 2.34. The molecule has 3 aromatic rings. The Hall–Kier alpha value is -3.88. The number of hydrogen-bond donors (Lipinski definition) is 1. The molecular weight excluding hydrogens is 355 g/mol. The van der Waals surface area contributed by atoms with E-state index >= 15 is 0 Å². The van der Waals surface area contributed by atoms with Crippen molar-refractivity contribution in [2.24, 2.45) is 0 Å². The summed E-state index contributed by atoms with van der Waals surface area (Å²) in [6, 6.07) is 13.6. The van der Waals surface area contributed by atoms with Crippen LogP contribution in [-0.2, 0) is 11.3 Å². The molecule has 1 heterocycles. The van der Waals surface area contributed by atoms with Gasteiger partial charge in [0, 0.05) is 29.4 Å². The van der Waals surface area contributed by atoms with Gasteiger partial charge >= 0.3 is 0 Å². The zero-order valence-corrected chi connectivity index (χ0v) is 13.8. The summed E-state index contributed by atoms with van der Waals surface area (Å²) >= 11 is 0. The van der Waals surface area contributed by atoms with Crippen LogP contribution in [0.4, 0.5) is 15.8 Å². The highest BCUT2D eigenvalue weighted by atomic mass is 19.1. The minimum absolute atomic E-state index is 0.0992. The number of aromatic nitrogens is 2. The summed E-state index contributed by atoms with van der Waals surface area (Å²) < 4.78 is 14.0. The molecule has 1 N–H and O–H groups in total. The van der Waals surface area contributed by atoms with Crippen molar-refractivity contribution in [2.45, 2.75) is 6.54 Å². The van der Waals surface area contributed by atoms with Crippen LogP contribution in [-0.4, -0.2) is 20.6 Å². The number of hydrogen-bond acceptors (Lipinski definition) is 5. The predicted molar refractivity (Wildman–Crippen MR) is 95.6 cm³/mol. The molecule has 1 aromatic heterocycles. The maximum atomic E-state index is 13.0. The molecule has 1 amide bonds. The van der Waals surface area contributed by atoms with E-state index in [1.165, 1.54) is 60.7 Å². The van der Waals surface area contributed by atoms with Crippen LogP contribution in [0.15, 0.2) is 65.5 Å². The van der Waals surface area contributed by atoms with E-state index in [1.807, 2.05) is 0 Å². The first-order valence-electron chi connectivity index (χ1n) is 7.81. The smallest absolute Gasteiger partial charge is 0.269 e. The molecule has 0 spiro atoms. The number of nitro benzene ring substituents is 1. The third-order valence-corrected chi connectivity index (χ3v) is 3.66. The fraction of sp³-hybridized carbons (Fsp3) is 0.0556. The molecule has 3 rings (SSSR count). The largest absolute Gasteiger partial charge is 0.324 e. The summed E-state index contributed by atoms with van der Waals surface area (Å²) in [5.41, 5.74) is 0.796. The Balaban J connectivity index is 1.75. The quantitative estimate of drug-likeness (QED) is 0.550. The normalized spacial score (nSPS) is 10.4. The van der Waals surface area contributed by atoms with E-state index < -0.39 is 22.2 Å². The molecule has 2 aromatic carbocycles. The summed E-state index contributed by atoms with van der Waals surface area (Å²) in [6.07, 6.45) is 0. The van der Waals surface area contributed by atoms with Gasteiger partial charge in [-0.15, -0.1) is 0 Å². The van der Waals surface area contributed by atoms with Gasteiger partial charge in [0.2, 0.25) is 5.91 Å². The van der Waals surface area contributed by atoms with E-state index in [9.17, 15) is 24.1 Å². The molecule has 27 heavy (non-hydrogen) atoms. The molecule has 0 aliphatic carbocycles. The van der Waals surface area contributed by atoms with E-state index in [2.05, 4.69) is 10.4 Å². The van der Waals surface area contributed by atoms with E-state index in [4.69, 9.17) is 0 Å². The maximum Gasteiger partial charge on any atom is 0.269 e. The molecule has 0 bridgehead atoms. The lowest BCUT2D eigenvalue weighted by atomic mass is 10.1. The Kier molecular flexibility index (Phi) is 5.02. The van der Waals surface area contributed by atoms with Crippen LogP contribution < -0.4 is 10.9 Å². The van der Waals surface area contributed by atoms with Gasteiger partial charge in [0.15, 0.2) is 0 Å². The number of halogens is 1. The first kappa shape index (κ1) is 17.9. The van der Waals surface area contributed by atoms with E-state index in [1.54, 1.807) is 0 Å². The van der Waals surface area contributed by atoms with Crippen LogP contribution in [0, 0.1) is 15.9 Å². The van der Waals surface area contributed by atoms with Crippen LogP contribution in [0.1, 0.15) is 0 Å². The van der Waals surface area contributed by atoms with E-state index in [0.717, 1.165) is 4.68 Å². The van der Waals surface area contributed by atoms with E-state index in [-0.39, 0.29) is 12.2 Å². The first-order chi connectivity index (χ1) is 12.9. The molecule has 0 saturated carbocycles. The van der Waals surface area contributed by atoms with Gasteiger partial charge in [-0.05, 0) is 42.5 Å². The lowest BCUT2D eigenvalue weighted by molar-refractivity contribution is -0.384. The van der Waals surface area contributed by atoms with Crippen molar-refractivity contribution in [2.75, 3.05) is 5.32 Å². The number of nitro groups is 1. The van der Waals surface area contributed by atoms with Gasteiger partial charge in [0.05, 0.1) is 10.6 Å². The second-order valence-electron chi connectivity index (χ2n) is 5.57. The lowest BCUT2D eigenvalue weighted by Gasteiger charge is -2.08. The minimum atomic E-state index is -0.546. The van der Waals surface area contributed by atoms with Gasteiger partial charge in [-0.1, -0.05) is 0 Å². The van der Waals surface area contributed by atoms with Crippen LogP contribution in [0.5, 0.6) is 0 Å². The van der Waals surface area contributed by atoms with Crippen molar-refractivity contribution in [3.63, 3.8) is 0 Å². The van der Waals surface area contributed by atoms with Crippen LogP contribution in [0.3, 0.4) is 0 Å². The van der Waals surface area contributed by atoms with Crippen LogP contribution >= 0.6 is 0 Å².